The first kappa shape index (κ1) is 18.6. The van der Waals surface area contributed by atoms with Crippen molar-refractivity contribution in [1.82, 2.24) is 4.90 Å². The molecule has 0 aromatic heterocycles. The summed E-state index contributed by atoms with van der Waals surface area (Å²) in [5.74, 6) is -0.666. The molecular formula is C23H23FN2O2. The Morgan fingerprint density at radius 3 is 2.61 bits per heavy atom. The van der Waals surface area contributed by atoms with Gasteiger partial charge in [-0.25, -0.2) is 4.39 Å². The summed E-state index contributed by atoms with van der Waals surface area (Å²) >= 11 is 0. The quantitative estimate of drug-likeness (QED) is 0.879. The molecule has 2 aliphatic rings. The molecule has 0 bridgehead atoms. The highest BCUT2D eigenvalue weighted by molar-refractivity contribution is 5.82. The average molecular weight is 378 g/mol. The van der Waals surface area contributed by atoms with Gasteiger partial charge in [0, 0.05) is 11.8 Å². The molecule has 1 saturated heterocycles. The lowest BCUT2D eigenvalue weighted by Gasteiger charge is -2.52. The topological polar surface area (TPSA) is 64.3 Å². The lowest BCUT2D eigenvalue weighted by molar-refractivity contribution is -0.151. The van der Waals surface area contributed by atoms with Crippen LogP contribution < -0.4 is 0 Å². The van der Waals surface area contributed by atoms with Gasteiger partial charge < -0.3 is 10.0 Å². The Balaban J connectivity index is 1.70. The minimum Gasteiger partial charge on any atom is -0.394 e. The zero-order valence-corrected chi connectivity index (χ0v) is 15.6. The number of rotatable bonds is 4. The molecule has 2 aromatic carbocycles. The second kappa shape index (κ2) is 7.73. The van der Waals surface area contributed by atoms with Gasteiger partial charge in [-0.1, -0.05) is 49.2 Å². The van der Waals surface area contributed by atoms with E-state index in [9.17, 15) is 19.6 Å². The number of hydrogen-bond donors (Lipinski definition) is 1. The number of halogens is 1. The molecule has 0 radical (unpaired) electrons. The Morgan fingerprint density at radius 1 is 1.18 bits per heavy atom. The zero-order chi connectivity index (χ0) is 19.7. The molecule has 0 unspecified atom stereocenters. The summed E-state index contributed by atoms with van der Waals surface area (Å²) in [6, 6.07) is 15.2. The molecular weight excluding hydrogens is 355 g/mol. The third-order valence-corrected chi connectivity index (χ3v) is 6.15. The maximum Gasteiger partial charge on any atom is 0.227 e. The van der Waals surface area contributed by atoms with Crippen molar-refractivity contribution in [3.05, 3.63) is 59.9 Å². The van der Waals surface area contributed by atoms with Gasteiger partial charge in [0.05, 0.1) is 18.7 Å². The van der Waals surface area contributed by atoms with E-state index in [1.165, 1.54) is 12.1 Å². The summed E-state index contributed by atoms with van der Waals surface area (Å²) in [6.45, 7) is -0.196. The summed E-state index contributed by atoms with van der Waals surface area (Å²) in [6.07, 6.45) is 3.79. The second-order valence-electron chi connectivity index (χ2n) is 7.67. The number of likely N-dealkylation sites (tertiary alicyclic amines) is 1. The first-order valence-corrected chi connectivity index (χ1v) is 9.83. The summed E-state index contributed by atoms with van der Waals surface area (Å²) in [5.41, 5.74) is 2.43. The van der Waals surface area contributed by atoms with Crippen molar-refractivity contribution in [3.8, 4) is 17.2 Å². The number of aliphatic hydroxyl groups excluding tert-OH is 1. The third kappa shape index (κ3) is 3.08. The minimum atomic E-state index is -0.611. The van der Waals surface area contributed by atoms with Crippen LogP contribution in [-0.4, -0.2) is 34.6 Å². The number of nitriles is 1. The van der Waals surface area contributed by atoms with Crippen LogP contribution in [0.5, 0.6) is 0 Å². The Hall–Kier alpha value is -2.71. The zero-order valence-electron chi connectivity index (χ0n) is 15.6. The summed E-state index contributed by atoms with van der Waals surface area (Å²) in [4.78, 5) is 14.5. The molecule has 144 valence electrons. The standard InChI is InChI=1S/C23H23FN2O2/c24-17-9-5-8-16(12-17)18-10-3-4-11-19(18)22-20(13-25)26(21(22)14-27)23(28)15-6-1-2-7-15/h3-5,8-12,15,20-22,27H,1-2,6-7,14H2/t20-,21+,22+/m0/s1. The minimum absolute atomic E-state index is 0.0115. The van der Waals surface area contributed by atoms with Crippen LogP contribution in [0.3, 0.4) is 0 Å². The number of amides is 1. The van der Waals surface area contributed by atoms with E-state index < -0.39 is 12.1 Å². The Bertz CT molecular complexity index is 917. The van der Waals surface area contributed by atoms with Crippen LogP contribution in [0, 0.1) is 23.1 Å². The van der Waals surface area contributed by atoms with Crippen molar-refractivity contribution in [2.45, 2.75) is 43.7 Å². The first-order chi connectivity index (χ1) is 13.7. The predicted octanol–water partition coefficient (Wildman–Crippen LogP) is 3.86. The van der Waals surface area contributed by atoms with E-state index in [4.69, 9.17) is 0 Å². The normalized spacial score (nSPS) is 24.6. The lowest BCUT2D eigenvalue weighted by atomic mass is 9.73. The lowest BCUT2D eigenvalue weighted by Crippen LogP contribution is -2.66. The van der Waals surface area contributed by atoms with Crippen molar-refractivity contribution in [3.63, 3.8) is 0 Å². The third-order valence-electron chi connectivity index (χ3n) is 6.15. The molecule has 0 spiro atoms. The van der Waals surface area contributed by atoms with E-state index in [1.807, 2.05) is 30.3 Å². The van der Waals surface area contributed by atoms with Crippen molar-refractivity contribution in [1.29, 1.82) is 5.26 Å². The Kier molecular flexibility index (Phi) is 5.15. The van der Waals surface area contributed by atoms with Crippen LogP contribution in [0.15, 0.2) is 48.5 Å². The molecule has 3 atom stereocenters. The van der Waals surface area contributed by atoms with Gasteiger partial charge in [-0.15, -0.1) is 0 Å². The van der Waals surface area contributed by atoms with E-state index in [2.05, 4.69) is 6.07 Å². The number of aliphatic hydroxyl groups is 1. The SMILES string of the molecule is N#C[C@H]1[C@@H](c2ccccc2-c2cccc(F)c2)[C@@H](CO)N1C(=O)C1CCCC1. The highest BCUT2D eigenvalue weighted by Gasteiger charge is 2.53. The Morgan fingerprint density at radius 2 is 1.93 bits per heavy atom. The molecule has 4 nitrogen and oxygen atoms in total. The highest BCUT2D eigenvalue weighted by atomic mass is 19.1. The smallest absolute Gasteiger partial charge is 0.227 e. The van der Waals surface area contributed by atoms with Crippen LogP contribution in [-0.2, 0) is 4.79 Å². The van der Waals surface area contributed by atoms with Crippen LogP contribution in [0.25, 0.3) is 11.1 Å². The molecule has 28 heavy (non-hydrogen) atoms. The Labute approximate surface area is 164 Å². The number of benzene rings is 2. The van der Waals surface area contributed by atoms with Gasteiger partial charge in [0.1, 0.15) is 11.9 Å². The van der Waals surface area contributed by atoms with E-state index in [1.54, 1.807) is 11.0 Å². The van der Waals surface area contributed by atoms with Gasteiger partial charge in [-0.2, -0.15) is 5.26 Å². The van der Waals surface area contributed by atoms with Crippen LogP contribution in [0.2, 0.25) is 0 Å². The van der Waals surface area contributed by atoms with E-state index >= 15 is 0 Å². The first-order valence-electron chi connectivity index (χ1n) is 9.83. The molecule has 1 aliphatic heterocycles. The number of carbonyl (C=O) groups is 1. The van der Waals surface area contributed by atoms with Crippen molar-refractivity contribution in [2.75, 3.05) is 6.61 Å². The molecule has 1 aliphatic carbocycles. The molecule has 1 amide bonds. The molecule has 2 fully saturated rings. The van der Waals surface area contributed by atoms with Crippen molar-refractivity contribution < 1.29 is 14.3 Å². The van der Waals surface area contributed by atoms with Crippen LogP contribution >= 0.6 is 0 Å². The molecule has 5 heteroatoms. The molecule has 1 saturated carbocycles. The molecule has 1 heterocycles. The number of hydrogen-bond acceptors (Lipinski definition) is 3. The van der Waals surface area contributed by atoms with E-state index in [0.717, 1.165) is 42.4 Å². The van der Waals surface area contributed by atoms with Gasteiger partial charge >= 0.3 is 0 Å². The summed E-state index contributed by atoms with van der Waals surface area (Å²) < 4.78 is 13.8. The highest BCUT2D eigenvalue weighted by Crippen LogP contribution is 2.45. The monoisotopic (exact) mass is 378 g/mol. The molecule has 1 N–H and O–H groups in total. The average Bonchev–Trinajstić information content (AvgIpc) is 3.23. The van der Waals surface area contributed by atoms with Crippen LogP contribution in [0.1, 0.15) is 37.2 Å². The van der Waals surface area contributed by atoms with Crippen molar-refractivity contribution >= 4 is 5.91 Å². The summed E-state index contributed by atoms with van der Waals surface area (Å²) in [5, 5.41) is 19.8. The fourth-order valence-corrected chi connectivity index (χ4v) is 4.77. The van der Waals surface area contributed by atoms with E-state index in [-0.39, 0.29) is 30.2 Å². The summed E-state index contributed by atoms with van der Waals surface area (Å²) in [7, 11) is 0. The van der Waals surface area contributed by atoms with Gasteiger partial charge in [0.15, 0.2) is 0 Å². The second-order valence-corrected chi connectivity index (χ2v) is 7.67. The molecule has 4 rings (SSSR count). The fourth-order valence-electron chi connectivity index (χ4n) is 4.77. The van der Waals surface area contributed by atoms with E-state index in [0.29, 0.717) is 0 Å². The van der Waals surface area contributed by atoms with Crippen molar-refractivity contribution in [2.24, 2.45) is 5.92 Å². The van der Waals surface area contributed by atoms with Gasteiger partial charge in [-0.05, 0) is 41.7 Å². The predicted molar refractivity (Wildman–Crippen MR) is 104 cm³/mol. The van der Waals surface area contributed by atoms with Gasteiger partial charge in [0.25, 0.3) is 0 Å². The number of nitrogens with zero attached hydrogens (tertiary/aromatic N) is 2. The van der Waals surface area contributed by atoms with Gasteiger partial charge in [0.2, 0.25) is 5.91 Å². The molecule has 2 aromatic rings. The van der Waals surface area contributed by atoms with Gasteiger partial charge in [-0.3, -0.25) is 4.79 Å². The number of carbonyl (C=O) groups excluding carboxylic acids is 1. The largest absolute Gasteiger partial charge is 0.394 e. The maximum absolute atomic E-state index is 13.8. The fraction of sp³-hybridized carbons (Fsp3) is 0.391. The maximum atomic E-state index is 13.8. The van der Waals surface area contributed by atoms with Crippen LogP contribution in [0.4, 0.5) is 4.39 Å².